The minimum absolute atomic E-state index is 0.260. The van der Waals surface area contributed by atoms with Gasteiger partial charge in [0.25, 0.3) is 0 Å². The van der Waals surface area contributed by atoms with Crippen LogP contribution in [0.1, 0.15) is 18.7 Å². The predicted molar refractivity (Wildman–Crippen MR) is 61.5 cm³/mol. The van der Waals surface area contributed by atoms with Gasteiger partial charge in [-0.25, -0.2) is 4.98 Å². The number of amidine groups is 1. The van der Waals surface area contributed by atoms with Crippen LogP contribution in [0.25, 0.3) is 0 Å². The summed E-state index contributed by atoms with van der Waals surface area (Å²) in [5, 5.41) is 8.39. The zero-order valence-corrected chi connectivity index (χ0v) is 9.55. The molecule has 0 atom stereocenters. The topological polar surface area (TPSA) is 78.9 Å². The van der Waals surface area contributed by atoms with Crippen molar-refractivity contribution < 1.29 is 0 Å². The summed E-state index contributed by atoms with van der Waals surface area (Å²) < 4.78 is 4.17. The zero-order chi connectivity index (χ0) is 10.8. The van der Waals surface area contributed by atoms with Crippen molar-refractivity contribution in [3.63, 3.8) is 0 Å². The van der Waals surface area contributed by atoms with Crippen LogP contribution in [0, 0.1) is 18.3 Å². The molecule has 0 aliphatic carbocycles. The molecule has 1 aromatic rings. The van der Waals surface area contributed by atoms with Crippen LogP contribution in [0.4, 0.5) is 5.13 Å². The molecular weight excluding hydrogens is 210 g/mol. The third kappa shape index (κ3) is 2.26. The van der Waals surface area contributed by atoms with E-state index in [2.05, 4.69) is 14.3 Å². The molecule has 1 fully saturated rings. The molecule has 5 nitrogen and oxygen atoms in total. The summed E-state index contributed by atoms with van der Waals surface area (Å²) in [4.78, 5) is 6.58. The number of piperidine rings is 1. The summed E-state index contributed by atoms with van der Waals surface area (Å²) in [5.74, 6) is 1.42. The second kappa shape index (κ2) is 4.14. The Morgan fingerprint density at radius 3 is 2.67 bits per heavy atom. The van der Waals surface area contributed by atoms with Crippen molar-refractivity contribution in [3.05, 3.63) is 5.82 Å². The number of anilines is 1. The standard InChI is InChI=1S/C9H15N5S/c1-6-12-9(15-13-6)14-4-2-7(3-5-14)8(10)11/h7H,2-5H2,1H3,(H3,10,11). The third-order valence-corrected chi connectivity index (χ3v) is 3.59. The number of nitrogens with two attached hydrogens (primary N) is 1. The number of aryl methyl sites for hydroxylation is 1. The average molecular weight is 225 g/mol. The first kappa shape index (κ1) is 10.4. The average Bonchev–Trinajstić information content (AvgIpc) is 2.65. The molecule has 0 unspecified atom stereocenters. The highest BCUT2D eigenvalue weighted by molar-refractivity contribution is 7.09. The fourth-order valence-corrected chi connectivity index (χ4v) is 2.52. The minimum Gasteiger partial charge on any atom is -0.387 e. The monoisotopic (exact) mass is 225 g/mol. The predicted octanol–water partition coefficient (Wildman–Crippen LogP) is 0.999. The van der Waals surface area contributed by atoms with Gasteiger partial charge in [0, 0.05) is 30.5 Å². The van der Waals surface area contributed by atoms with E-state index < -0.39 is 0 Å². The Morgan fingerprint density at radius 1 is 1.53 bits per heavy atom. The van der Waals surface area contributed by atoms with Crippen molar-refractivity contribution in [2.24, 2.45) is 11.7 Å². The van der Waals surface area contributed by atoms with E-state index in [-0.39, 0.29) is 5.92 Å². The zero-order valence-electron chi connectivity index (χ0n) is 8.73. The van der Waals surface area contributed by atoms with E-state index in [4.69, 9.17) is 11.1 Å². The molecule has 2 heterocycles. The second-order valence-corrected chi connectivity index (χ2v) is 4.57. The van der Waals surface area contributed by atoms with E-state index in [1.165, 1.54) is 11.5 Å². The summed E-state index contributed by atoms with van der Waals surface area (Å²) in [7, 11) is 0. The third-order valence-electron chi connectivity index (χ3n) is 2.72. The largest absolute Gasteiger partial charge is 0.387 e. The molecule has 1 aliphatic rings. The van der Waals surface area contributed by atoms with Gasteiger partial charge in [-0.05, 0) is 19.8 Å². The quantitative estimate of drug-likeness (QED) is 0.581. The molecular formula is C9H15N5S. The van der Waals surface area contributed by atoms with Gasteiger partial charge in [0.05, 0.1) is 5.84 Å². The lowest BCUT2D eigenvalue weighted by Crippen LogP contribution is -2.38. The molecule has 2 rings (SSSR count). The lowest BCUT2D eigenvalue weighted by atomic mass is 9.96. The van der Waals surface area contributed by atoms with E-state index in [1.54, 1.807) is 0 Å². The van der Waals surface area contributed by atoms with Crippen LogP contribution < -0.4 is 10.6 Å². The lowest BCUT2D eigenvalue weighted by molar-refractivity contribution is 0.497. The van der Waals surface area contributed by atoms with Crippen LogP contribution in [-0.4, -0.2) is 28.3 Å². The molecule has 15 heavy (non-hydrogen) atoms. The van der Waals surface area contributed by atoms with Gasteiger partial charge in [0.15, 0.2) is 0 Å². The molecule has 0 amide bonds. The summed E-state index contributed by atoms with van der Waals surface area (Å²) in [6.07, 6.45) is 1.90. The molecule has 0 saturated carbocycles. The van der Waals surface area contributed by atoms with Gasteiger partial charge in [0.1, 0.15) is 5.82 Å². The fraction of sp³-hybridized carbons (Fsp3) is 0.667. The first-order valence-electron chi connectivity index (χ1n) is 5.06. The Labute approximate surface area is 93.0 Å². The van der Waals surface area contributed by atoms with Crippen LogP contribution in [-0.2, 0) is 0 Å². The second-order valence-electron chi connectivity index (χ2n) is 3.84. The van der Waals surface area contributed by atoms with Gasteiger partial charge in [-0.15, -0.1) is 0 Å². The van der Waals surface area contributed by atoms with Crippen molar-refractivity contribution in [3.8, 4) is 0 Å². The van der Waals surface area contributed by atoms with Gasteiger partial charge in [-0.3, -0.25) is 5.41 Å². The maximum Gasteiger partial charge on any atom is 0.205 e. The summed E-state index contributed by atoms with van der Waals surface area (Å²) in [6, 6.07) is 0. The normalized spacial score (nSPS) is 18.1. The molecule has 82 valence electrons. The number of hydrogen-bond acceptors (Lipinski definition) is 5. The van der Waals surface area contributed by atoms with Crippen LogP contribution in [0.15, 0.2) is 0 Å². The van der Waals surface area contributed by atoms with Crippen LogP contribution in [0.2, 0.25) is 0 Å². The SMILES string of the molecule is Cc1nsc(N2CCC(C(=N)N)CC2)n1. The van der Waals surface area contributed by atoms with E-state index >= 15 is 0 Å². The Morgan fingerprint density at radius 2 is 2.20 bits per heavy atom. The molecule has 1 saturated heterocycles. The number of hydrogen-bond donors (Lipinski definition) is 2. The lowest BCUT2D eigenvalue weighted by Gasteiger charge is -2.30. The first-order chi connectivity index (χ1) is 7.16. The Hall–Kier alpha value is -1.17. The van der Waals surface area contributed by atoms with E-state index in [0.29, 0.717) is 5.84 Å². The molecule has 1 aliphatic heterocycles. The molecule has 6 heteroatoms. The minimum atomic E-state index is 0.260. The number of nitrogens with one attached hydrogen (secondary N) is 1. The Balaban J connectivity index is 1.96. The van der Waals surface area contributed by atoms with Crippen molar-refractivity contribution in [1.82, 2.24) is 9.36 Å². The van der Waals surface area contributed by atoms with Crippen molar-refractivity contribution in [2.75, 3.05) is 18.0 Å². The van der Waals surface area contributed by atoms with Crippen LogP contribution >= 0.6 is 11.5 Å². The van der Waals surface area contributed by atoms with Crippen molar-refractivity contribution >= 4 is 22.5 Å². The number of rotatable bonds is 2. The van der Waals surface area contributed by atoms with Gasteiger partial charge in [-0.2, -0.15) is 4.37 Å². The highest BCUT2D eigenvalue weighted by atomic mass is 32.1. The van der Waals surface area contributed by atoms with Crippen LogP contribution in [0.3, 0.4) is 0 Å². The molecule has 0 aromatic carbocycles. The summed E-state index contributed by atoms with van der Waals surface area (Å²) in [5.41, 5.74) is 5.49. The molecule has 3 N–H and O–H groups in total. The van der Waals surface area contributed by atoms with Crippen molar-refractivity contribution in [1.29, 1.82) is 5.41 Å². The maximum absolute atomic E-state index is 7.40. The van der Waals surface area contributed by atoms with Gasteiger partial charge in [-0.1, -0.05) is 0 Å². The van der Waals surface area contributed by atoms with Gasteiger partial charge < -0.3 is 10.6 Å². The van der Waals surface area contributed by atoms with Gasteiger partial charge in [0.2, 0.25) is 5.13 Å². The molecule has 1 aromatic heterocycles. The smallest absolute Gasteiger partial charge is 0.205 e. The van der Waals surface area contributed by atoms with E-state index in [9.17, 15) is 0 Å². The highest BCUT2D eigenvalue weighted by Crippen LogP contribution is 2.24. The van der Waals surface area contributed by atoms with Crippen LogP contribution in [0.5, 0.6) is 0 Å². The van der Waals surface area contributed by atoms with Gasteiger partial charge >= 0.3 is 0 Å². The molecule has 0 bridgehead atoms. The Bertz CT molecular complexity index is 353. The maximum atomic E-state index is 7.40. The number of nitrogens with zero attached hydrogens (tertiary/aromatic N) is 3. The van der Waals surface area contributed by atoms with E-state index in [1.807, 2.05) is 6.92 Å². The van der Waals surface area contributed by atoms with E-state index in [0.717, 1.165) is 36.9 Å². The highest BCUT2D eigenvalue weighted by Gasteiger charge is 2.22. The first-order valence-corrected chi connectivity index (χ1v) is 5.83. The fourth-order valence-electron chi connectivity index (χ4n) is 1.80. The van der Waals surface area contributed by atoms with Crippen molar-refractivity contribution in [2.45, 2.75) is 19.8 Å². The molecule has 0 spiro atoms. The Kier molecular flexibility index (Phi) is 2.86. The summed E-state index contributed by atoms with van der Waals surface area (Å²) in [6.45, 7) is 3.76. The summed E-state index contributed by atoms with van der Waals surface area (Å²) >= 11 is 1.45. The molecule has 0 radical (unpaired) electrons. The number of aromatic nitrogens is 2.